The zero-order chi connectivity index (χ0) is 21.8. The fourth-order valence-corrected chi connectivity index (χ4v) is 3.96. The molecule has 3 N–H and O–H groups in total. The Kier molecular flexibility index (Phi) is 5.94. The minimum absolute atomic E-state index is 0.0829. The molecule has 2 aromatic carbocycles. The summed E-state index contributed by atoms with van der Waals surface area (Å²) in [5.74, 6) is 1.06. The molecule has 9 heteroatoms. The Morgan fingerprint density at radius 3 is 2.58 bits per heavy atom. The Morgan fingerprint density at radius 1 is 1.10 bits per heavy atom. The number of hydrogen-bond acceptors (Lipinski definition) is 6. The molecule has 0 aliphatic heterocycles. The van der Waals surface area contributed by atoms with Gasteiger partial charge >= 0.3 is 0 Å². The van der Waals surface area contributed by atoms with Crippen LogP contribution < -0.4 is 20.1 Å². The quantitative estimate of drug-likeness (QED) is 0.300. The van der Waals surface area contributed by atoms with Crippen LogP contribution in [0.3, 0.4) is 0 Å². The Labute approximate surface area is 182 Å². The molecule has 2 heterocycles. The number of thiazole rings is 1. The molecule has 0 aliphatic carbocycles. The highest BCUT2D eigenvalue weighted by molar-refractivity contribution is 7.14. The van der Waals surface area contributed by atoms with Gasteiger partial charge in [-0.3, -0.25) is 10.4 Å². The standard InChI is InChI=1S/C22H20FN5O2S/c1-29-18-7-4-8-19(30-2)15(18)11-26-21(24)28-22-27-17(12-31-22)13-9-10-25-20-14(13)5-3-6-16(20)23/h3-10,12H,11H2,1-2H3,(H3,24,26,27,28). The van der Waals surface area contributed by atoms with Crippen molar-refractivity contribution in [3.05, 3.63) is 65.4 Å². The van der Waals surface area contributed by atoms with Gasteiger partial charge in [-0.2, -0.15) is 0 Å². The van der Waals surface area contributed by atoms with Crippen molar-refractivity contribution in [3.63, 3.8) is 0 Å². The van der Waals surface area contributed by atoms with Gasteiger partial charge in [-0.05, 0) is 24.3 Å². The highest BCUT2D eigenvalue weighted by Crippen LogP contribution is 2.31. The highest BCUT2D eigenvalue weighted by atomic mass is 32.1. The molecule has 0 bridgehead atoms. The van der Waals surface area contributed by atoms with Gasteiger partial charge in [-0.15, -0.1) is 11.3 Å². The second kappa shape index (κ2) is 8.97. The van der Waals surface area contributed by atoms with Gasteiger partial charge in [0.1, 0.15) is 22.8 Å². The fraction of sp³-hybridized carbons (Fsp3) is 0.136. The van der Waals surface area contributed by atoms with Crippen LogP contribution in [-0.2, 0) is 6.54 Å². The van der Waals surface area contributed by atoms with Crippen molar-refractivity contribution < 1.29 is 13.9 Å². The number of ether oxygens (including phenoxy) is 2. The average molecular weight is 438 g/mol. The third-order valence-electron chi connectivity index (χ3n) is 4.71. The van der Waals surface area contributed by atoms with Crippen molar-refractivity contribution in [2.24, 2.45) is 0 Å². The number of para-hydroxylation sites is 1. The van der Waals surface area contributed by atoms with Crippen LogP contribution in [0.5, 0.6) is 11.5 Å². The summed E-state index contributed by atoms with van der Waals surface area (Å²) in [4.78, 5) is 8.67. The van der Waals surface area contributed by atoms with Crippen molar-refractivity contribution in [2.75, 3.05) is 19.5 Å². The fourth-order valence-electron chi connectivity index (χ4n) is 3.25. The molecular weight excluding hydrogens is 417 g/mol. The molecular formula is C22H20FN5O2S. The number of anilines is 1. The van der Waals surface area contributed by atoms with Crippen molar-refractivity contribution >= 4 is 33.3 Å². The summed E-state index contributed by atoms with van der Waals surface area (Å²) in [5.41, 5.74) is 2.59. The lowest BCUT2D eigenvalue weighted by Gasteiger charge is -2.14. The van der Waals surface area contributed by atoms with E-state index in [1.165, 1.54) is 17.4 Å². The van der Waals surface area contributed by atoms with E-state index in [1.54, 1.807) is 32.5 Å². The number of pyridine rings is 1. The number of nitrogens with zero attached hydrogens (tertiary/aromatic N) is 2. The summed E-state index contributed by atoms with van der Waals surface area (Å²) in [6.07, 6.45) is 1.57. The molecule has 7 nitrogen and oxygen atoms in total. The molecule has 31 heavy (non-hydrogen) atoms. The van der Waals surface area contributed by atoms with Crippen LogP contribution in [0, 0.1) is 11.2 Å². The topological polar surface area (TPSA) is 92.2 Å². The van der Waals surface area contributed by atoms with Crippen molar-refractivity contribution in [2.45, 2.75) is 6.54 Å². The molecule has 4 rings (SSSR count). The maximum absolute atomic E-state index is 14.0. The van der Waals surface area contributed by atoms with Crippen LogP contribution in [0.4, 0.5) is 9.52 Å². The first-order chi connectivity index (χ1) is 15.1. The van der Waals surface area contributed by atoms with Gasteiger partial charge in [0.15, 0.2) is 11.1 Å². The SMILES string of the molecule is COc1cccc(OC)c1CNC(=N)Nc1nc(-c2ccnc3c(F)cccc23)cs1. The molecule has 0 amide bonds. The Bertz CT molecular complexity index is 1220. The Hall–Kier alpha value is -3.72. The number of methoxy groups -OCH3 is 2. The zero-order valence-corrected chi connectivity index (χ0v) is 17.7. The van der Waals surface area contributed by atoms with Gasteiger partial charge < -0.3 is 20.1 Å². The molecule has 0 spiro atoms. The molecule has 0 saturated heterocycles. The largest absolute Gasteiger partial charge is 0.496 e. The summed E-state index contributed by atoms with van der Waals surface area (Å²) in [7, 11) is 3.18. The number of nitrogens with one attached hydrogen (secondary N) is 3. The molecule has 4 aromatic rings. The molecule has 0 radical (unpaired) electrons. The summed E-state index contributed by atoms with van der Waals surface area (Å²) < 4.78 is 24.8. The smallest absolute Gasteiger partial charge is 0.195 e. The number of benzene rings is 2. The molecule has 0 saturated carbocycles. The van der Waals surface area contributed by atoms with Crippen LogP contribution in [0.15, 0.2) is 54.0 Å². The average Bonchev–Trinajstić information content (AvgIpc) is 3.25. The summed E-state index contributed by atoms with van der Waals surface area (Å²) in [6, 6.07) is 12.2. The van der Waals surface area contributed by atoms with Crippen LogP contribution in [-0.4, -0.2) is 30.1 Å². The van der Waals surface area contributed by atoms with E-state index < -0.39 is 0 Å². The highest BCUT2D eigenvalue weighted by Gasteiger charge is 2.13. The molecule has 0 fully saturated rings. The van der Waals surface area contributed by atoms with Crippen molar-refractivity contribution in [1.82, 2.24) is 15.3 Å². The molecule has 0 aliphatic rings. The van der Waals surface area contributed by atoms with Gasteiger partial charge in [0, 0.05) is 22.5 Å². The lowest BCUT2D eigenvalue weighted by Crippen LogP contribution is -2.29. The van der Waals surface area contributed by atoms with Gasteiger partial charge in [-0.25, -0.2) is 9.37 Å². The first-order valence-corrected chi connectivity index (χ1v) is 10.3. The second-order valence-corrected chi connectivity index (χ2v) is 7.39. The Morgan fingerprint density at radius 2 is 1.84 bits per heavy atom. The van der Waals surface area contributed by atoms with Crippen molar-refractivity contribution in [3.8, 4) is 22.8 Å². The van der Waals surface area contributed by atoms with Crippen molar-refractivity contribution in [1.29, 1.82) is 5.41 Å². The summed E-state index contributed by atoms with van der Waals surface area (Å²) >= 11 is 1.36. The predicted molar refractivity (Wildman–Crippen MR) is 121 cm³/mol. The maximum atomic E-state index is 14.0. The van der Waals surface area contributed by atoms with Crippen LogP contribution in [0.1, 0.15) is 5.56 Å². The second-order valence-electron chi connectivity index (χ2n) is 6.53. The first kappa shape index (κ1) is 20.5. The number of fused-ring (bicyclic) bond motifs is 1. The third-order valence-corrected chi connectivity index (χ3v) is 5.46. The van der Waals surface area contributed by atoms with E-state index in [9.17, 15) is 4.39 Å². The number of rotatable bonds is 6. The lowest BCUT2D eigenvalue weighted by atomic mass is 10.1. The summed E-state index contributed by atoms with van der Waals surface area (Å²) in [6.45, 7) is 0.339. The monoisotopic (exact) mass is 437 g/mol. The van der Waals surface area contributed by atoms with Gasteiger partial charge in [0.25, 0.3) is 0 Å². The number of hydrogen-bond donors (Lipinski definition) is 3. The van der Waals surface area contributed by atoms with E-state index in [4.69, 9.17) is 14.9 Å². The van der Waals surface area contributed by atoms with E-state index in [0.29, 0.717) is 39.8 Å². The number of halogens is 1. The number of guanidine groups is 1. The summed E-state index contributed by atoms with van der Waals surface area (Å²) in [5, 5.41) is 17.2. The van der Waals surface area contributed by atoms with Crippen LogP contribution >= 0.6 is 11.3 Å². The minimum atomic E-state index is -0.370. The molecule has 2 aromatic heterocycles. The van der Waals surface area contributed by atoms with E-state index in [-0.39, 0.29) is 11.8 Å². The van der Waals surface area contributed by atoms with E-state index in [2.05, 4.69) is 20.6 Å². The Balaban J connectivity index is 1.48. The third kappa shape index (κ3) is 4.26. The van der Waals surface area contributed by atoms with Crippen LogP contribution in [0.25, 0.3) is 22.2 Å². The molecule has 0 atom stereocenters. The number of aromatic nitrogens is 2. The predicted octanol–water partition coefficient (Wildman–Crippen LogP) is 4.65. The van der Waals surface area contributed by atoms with E-state index in [1.807, 2.05) is 29.6 Å². The molecule has 158 valence electrons. The van der Waals surface area contributed by atoms with Gasteiger partial charge in [-0.1, -0.05) is 18.2 Å². The normalized spacial score (nSPS) is 10.7. The van der Waals surface area contributed by atoms with Gasteiger partial charge in [0.2, 0.25) is 0 Å². The lowest BCUT2D eigenvalue weighted by molar-refractivity contribution is 0.384. The van der Waals surface area contributed by atoms with E-state index >= 15 is 0 Å². The minimum Gasteiger partial charge on any atom is -0.496 e. The molecule has 0 unspecified atom stereocenters. The van der Waals surface area contributed by atoms with Gasteiger partial charge in [0.05, 0.1) is 32.0 Å². The zero-order valence-electron chi connectivity index (χ0n) is 16.9. The van der Waals surface area contributed by atoms with E-state index in [0.717, 1.165) is 11.1 Å². The maximum Gasteiger partial charge on any atom is 0.195 e. The first-order valence-electron chi connectivity index (χ1n) is 9.39. The van der Waals surface area contributed by atoms with Crippen LogP contribution in [0.2, 0.25) is 0 Å².